The molecule has 0 fully saturated rings. The lowest BCUT2D eigenvalue weighted by atomic mass is 10.1. The third kappa shape index (κ3) is 7.21. The van der Waals surface area contributed by atoms with Crippen molar-refractivity contribution in [3.05, 3.63) is 12.3 Å². The topological polar surface area (TPSA) is 38.4 Å². The van der Waals surface area contributed by atoms with Gasteiger partial charge in [-0.25, -0.2) is 0 Å². The molecule has 2 heteroatoms. The fourth-order valence-corrected chi connectivity index (χ4v) is 0.316. The van der Waals surface area contributed by atoms with Crippen LogP contribution in [0.1, 0.15) is 20.8 Å². The first-order valence-electron chi connectivity index (χ1n) is 2.98. The Balaban J connectivity index is 3.71. The minimum atomic E-state index is 0.0134. The minimum absolute atomic E-state index is 0.0134. The highest BCUT2D eigenvalue weighted by atomic mass is 14.8. The lowest BCUT2D eigenvalue weighted by Crippen LogP contribution is -2.08. The average molecular weight is 126 g/mol. The lowest BCUT2D eigenvalue weighted by molar-refractivity contribution is 0.587. The molecular weight excluding hydrogens is 112 g/mol. The van der Waals surface area contributed by atoms with Gasteiger partial charge in [-0.15, -0.1) is 0 Å². The van der Waals surface area contributed by atoms with Gasteiger partial charge in [0.2, 0.25) is 0 Å². The maximum atomic E-state index is 5.09. The van der Waals surface area contributed by atoms with E-state index < -0.39 is 0 Å². The van der Waals surface area contributed by atoms with Crippen molar-refractivity contribution in [2.75, 3.05) is 0 Å². The third-order valence-electron chi connectivity index (χ3n) is 0.659. The number of hydrogen-bond donors (Lipinski definition) is 1. The maximum Gasteiger partial charge on any atom is 0.0524 e. The standard InChI is InChI=1S/C7H14N2/c1-7(2,3)9-6-4-5-8/h4-6H,8H2,1-3H3. The molecule has 0 aliphatic heterocycles. The van der Waals surface area contributed by atoms with Crippen LogP contribution in [0.25, 0.3) is 0 Å². The number of rotatable bonds is 1. The predicted octanol–water partition coefficient (Wildman–Crippen LogP) is 1.33. The smallest absolute Gasteiger partial charge is 0.0524 e. The molecule has 2 nitrogen and oxygen atoms in total. The highest BCUT2D eigenvalue weighted by molar-refractivity contribution is 5.71. The van der Waals surface area contributed by atoms with E-state index in [9.17, 15) is 0 Å². The van der Waals surface area contributed by atoms with E-state index in [1.807, 2.05) is 20.8 Å². The predicted molar refractivity (Wildman–Crippen MR) is 41.6 cm³/mol. The Morgan fingerprint density at radius 2 is 1.89 bits per heavy atom. The summed E-state index contributed by atoms with van der Waals surface area (Å²) in [5, 5.41) is 0. The zero-order valence-corrected chi connectivity index (χ0v) is 6.26. The van der Waals surface area contributed by atoms with E-state index in [4.69, 9.17) is 5.73 Å². The van der Waals surface area contributed by atoms with E-state index in [-0.39, 0.29) is 5.54 Å². The van der Waals surface area contributed by atoms with Gasteiger partial charge in [-0.3, -0.25) is 4.99 Å². The van der Waals surface area contributed by atoms with Crippen molar-refractivity contribution in [2.24, 2.45) is 10.7 Å². The molecule has 0 bridgehead atoms. The second kappa shape index (κ2) is 3.28. The molecule has 2 N–H and O–H groups in total. The van der Waals surface area contributed by atoms with Crippen molar-refractivity contribution in [1.82, 2.24) is 0 Å². The van der Waals surface area contributed by atoms with E-state index in [2.05, 4.69) is 4.99 Å². The molecule has 0 amide bonds. The molecule has 0 aliphatic rings. The Labute approximate surface area is 56.5 Å². The summed E-state index contributed by atoms with van der Waals surface area (Å²) in [4.78, 5) is 4.15. The Hall–Kier alpha value is -0.790. The quantitative estimate of drug-likeness (QED) is 0.529. The van der Waals surface area contributed by atoms with Gasteiger partial charge in [-0.1, -0.05) is 0 Å². The van der Waals surface area contributed by atoms with E-state index in [1.54, 1.807) is 12.3 Å². The van der Waals surface area contributed by atoms with Crippen LogP contribution in [0.15, 0.2) is 17.3 Å². The van der Waals surface area contributed by atoms with Crippen molar-refractivity contribution < 1.29 is 0 Å². The fraction of sp³-hybridized carbons (Fsp3) is 0.571. The molecule has 0 atom stereocenters. The van der Waals surface area contributed by atoms with E-state index in [0.29, 0.717) is 0 Å². The number of nitrogens with zero attached hydrogens (tertiary/aromatic N) is 1. The summed E-state index contributed by atoms with van der Waals surface area (Å²) in [7, 11) is 0. The zero-order valence-electron chi connectivity index (χ0n) is 6.26. The van der Waals surface area contributed by atoms with Crippen LogP contribution in [0.3, 0.4) is 0 Å². The highest BCUT2D eigenvalue weighted by Crippen LogP contribution is 2.03. The van der Waals surface area contributed by atoms with Crippen LogP contribution in [0.2, 0.25) is 0 Å². The number of nitrogens with two attached hydrogens (primary N) is 1. The summed E-state index contributed by atoms with van der Waals surface area (Å²) in [5.74, 6) is 0. The molecule has 0 aromatic carbocycles. The van der Waals surface area contributed by atoms with Crippen LogP contribution in [-0.4, -0.2) is 11.8 Å². The molecule has 0 aromatic rings. The largest absolute Gasteiger partial charge is 0.405 e. The van der Waals surface area contributed by atoms with Crippen molar-refractivity contribution in [1.29, 1.82) is 0 Å². The van der Waals surface area contributed by atoms with Gasteiger partial charge in [0.25, 0.3) is 0 Å². The second-order valence-corrected chi connectivity index (χ2v) is 2.83. The van der Waals surface area contributed by atoms with E-state index in [0.717, 1.165) is 0 Å². The van der Waals surface area contributed by atoms with Crippen LogP contribution < -0.4 is 5.73 Å². The lowest BCUT2D eigenvalue weighted by Gasteiger charge is -2.09. The first kappa shape index (κ1) is 8.21. The van der Waals surface area contributed by atoms with Crippen molar-refractivity contribution in [3.63, 3.8) is 0 Å². The van der Waals surface area contributed by atoms with E-state index in [1.165, 1.54) is 6.20 Å². The fourth-order valence-electron chi connectivity index (χ4n) is 0.316. The SMILES string of the molecule is CC(C)(C)N=CC=CN. The number of aliphatic imine (C=N–C) groups is 1. The van der Waals surface area contributed by atoms with Gasteiger partial charge in [-0.05, 0) is 33.0 Å². The summed E-state index contributed by atoms with van der Waals surface area (Å²) in [6, 6.07) is 0. The molecule has 52 valence electrons. The van der Waals surface area contributed by atoms with Gasteiger partial charge in [0.15, 0.2) is 0 Å². The zero-order chi connectivity index (χ0) is 7.33. The molecule has 0 saturated carbocycles. The van der Waals surface area contributed by atoms with Gasteiger partial charge >= 0.3 is 0 Å². The van der Waals surface area contributed by atoms with Crippen molar-refractivity contribution in [2.45, 2.75) is 26.3 Å². The molecule has 0 unspecified atom stereocenters. The molecule has 0 radical (unpaired) electrons. The molecule has 9 heavy (non-hydrogen) atoms. The summed E-state index contributed by atoms with van der Waals surface area (Å²) in [5.41, 5.74) is 5.10. The average Bonchev–Trinajstić information content (AvgIpc) is 1.63. The Morgan fingerprint density at radius 1 is 1.33 bits per heavy atom. The van der Waals surface area contributed by atoms with Gasteiger partial charge < -0.3 is 5.73 Å². The van der Waals surface area contributed by atoms with Crippen molar-refractivity contribution >= 4 is 6.21 Å². The molecule has 0 saturated heterocycles. The van der Waals surface area contributed by atoms with Crippen LogP contribution in [0.4, 0.5) is 0 Å². The molecule has 0 aromatic heterocycles. The first-order chi connectivity index (χ1) is 4.06. The molecule has 0 rings (SSSR count). The second-order valence-electron chi connectivity index (χ2n) is 2.83. The summed E-state index contributed by atoms with van der Waals surface area (Å²) < 4.78 is 0. The van der Waals surface area contributed by atoms with Gasteiger partial charge in [0.05, 0.1) is 5.54 Å². The van der Waals surface area contributed by atoms with Crippen molar-refractivity contribution in [3.8, 4) is 0 Å². The Morgan fingerprint density at radius 3 is 2.22 bits per heavy atom. The normalized spacial score (nSPS) is 13.7. The highest BCUT2D eigenvalue weighted by Gasteiger charge is 2.02. The van der Waals surface area contributed by atoms with Crippen LogP contribution in [0, 0.1) is 0 Å². The maximum absolute atomic E-state index is 5.09. The Kier molecular flexibility index (Phi) is 2.99. The number of allylic oxidation sites excluding steroid dienone is 1. The third-order valence-corrected chi connectivity index (χ3v) is 0.659. The number of hydrogen-bond acceptors (Lipinski definition) is 2. The summed E-state index contributed by atoms with van der Waals surface area (Å²) in [6.45, 7) is 6.11. The first-order valence-corrected chi connectivity index (χ1v) is 2.98. The monoisotopic (exact) mass is 126 g/mol. The van der Waals surface area contributed by atoms with E-state index >= 15 is 0 Å². The molecule has 0 aliphatic carbocycles. The minimum Gasteiger partial charge on any atom is -0.405 e. The summed E-state index contributed by atoms with van der Waals surface area (Å²) >= 11 is 0. The molecule has 0 spiro atoms. The summed E-state index contributed by atoms with van der Waals surface area (Å²) in [6.07, 6.45) is 4.89. The van der Waals surface area contributed by atoms with Gasteiger partial charge in [0.1, 0.15) is 0 Å². The van der Waals surface area contributed by atoms with Crippen LogP contribution in [-0.2, 0) is 0 Å². The van der Waals surface area contributed by atoms with Gasteiger partial charge in [0, 0.05) is 6.21 Å². The molecular formula is C7H14N2. The molecule has 0 heterocycles. The van der Waals surface area contributed by atoms with Gasteiger partial charge in [-0.2, -0.15) is 0 Å². The Bertz CT molecular complexity index is 117. The van der Waals surface area contributed by atoms with Crippen LogP contribution in [0.5, 0.6) is 0 Å². The van der Waals surface area contributed by atoms with Crippen LogP contribution >= 0.6 is 0 Å².